The molecule has 0 unspecified atom stereocenters. The molecule has 1 saturated heterocycles. The summed E-state index contributed by atoms with van der Waals surface area (Å²) in [5, 5.41) is 0. The summed E-state index contributed by atoms with van der Waals surface area (Å²) in [4.78, 5) is 34.9. The second-order valence-electron chi connectivity index (χ2n) is 7.93. The molecule has 7 nitrogen and oxygen atoms in total. The van der Waals surface area contributed by atoms with Crippen LogP contribution in [0.5, 0.6) is 0 Å². The van der Waals surface area contributed by atoms with Gasteiger partial charge in [-0.3, -0.25) is 14.2 Å². The molecule has 0 saturated carbocycles. The van der Waals surface area contributed by atoms with E-state index >= 15 is 0 Å². The molecule has 0 radical (unpaired) electrons. The van der Waals surface area contributed by atoms with Crippen LogP contribution in [0.2, 0.25) is 0 Å². The van der Waals surface area contributed by atoms with Gasteiger partial charge >= 0.3 is 0 Å². The van der Waals surface area contributed by atoms with Crippen LogP contribution >= 0.6 is 0 Å². The van der Waals surface area contributed by atoms with Gasteiger partial charge in [0, 0.05) is 44.1 Å². The Kier molecular flexibility index (Phi) is 5.03. The molecule has 0 N–H and O–H groups in total. The van der Waals surface area contributed by atoms with Crippen LogP contribution in [0.1, 0.15) is 22.8 Å². The summed E-state index contributed by atoms with van der Waals surface area (Å²) in [7, 11) is 0. The first kappa shape index (κ1) is 19.5. The SMILES string of the molecule is CCN1CCN(C(=O)c2cccc(Cn3c(=O)c4cccn4c4cccnc43)c2)CC1. The van der Waals surface area contributed by atoms with E-state index < -0.39 is 0 Å². The second-order valence-corrected chi connectivity index (χ2v) is 7.93. The van der Waals surface area contributed by atoms with Crippen molar-refractivity contribution in [3.63, 3.8) is 0 Å². The summed E-state index contributed by atoms with van der Waals surface area (Å²) in [5.41, 5.74) is 3.59. The Bertz CT molecular complexity index is 1310. The molecule has 0 atom stereocenters. The smallest absolute Gasteiger partial charge is 0.276 e. The molecule has 1 aliphatic rings. The van der Waals surface area contributed by atoms with Crippen LogP contribution in [0.4, 0.5) is 0 Å². The number of aromatic nitrogens is 3. The van der Waals surface area contributed by atoms with Gasteiger partial charge in [-0.2, -0.15) is 0 Å². The van der Waals surface area contributed by atoms with Crippen molar-refractivity contribution < 1.29 is 4.79 Å². The van der Waals surface area contributed by atoms with Crippen molar-refractivity contribution in [2.24, 2.45) is 0 Å². The molecule has 7 heteroatoms. The first-order valence-electron chi connectivity index (χ1n) is 10.7. The van der Waals surface area contributed by atoms with Crippen LogP contribution < -0.4 is 5.56 Å². The predicted molar refractivity (Wildman–Crippen MR) is 121 cm³/mol. The van der Waals surface area contributed by atoms with Gasteiger partial charge in [-0.15, -0.1) is 0 Å². The lowest BCUT2D eigenvalue weighted by Gasteiger charge is -2.34. The normalized spacial score (nSPS) is 15.1. The molecule has 1 aliphatic heterocycles. The van der Waals surface area contributed by atoms with Gasteiger partial charge in [0.05, 0.1) is 12.1 Å². The molecule has 1 amide bonds. The third kappa shape index (κ3) is 3.51. The van der Waals surface area contributed by atoms with Gasteiger partial charge < -0.3 is 14.2 Å². The highest BCUT2D eigenvalue weighted by atomic mass is 16.2. The molecule has 4 heterocycles. The number of amides is 1. The van der Waals surface area contributed by atoms with Gasteiger partial charge in [0.2, 0.25) is 0 Å². The van der Waals surface area contributed by atoms with Crippen molar-refractivity contribution in [1.29, 1.82) is 0 Å². The first-order valence-corrected chi connectivity index (χ1v) is 10.7. The zero-order valence-electron chi connectivity index (χ0n) is 17.6. The van der Waals surface area contributed by atoms with Crippen molar-refractivity contribution in [3.8, 4) is 0 Å². The number of piperazine rings is 1. The Morgan fingerprint density at radius 1 is 1.00 bits per heavy atom. The molecule has 1 aromatic carbocycles. The Balaban J connectivity index is 1.48. The van der Waals surface area contributed by atoms with Crippen molar-refractivity contribution in [2.75, 3.05) is 32.7 Å². The minimum Gasteiger partial charge on any atom is -0.336 e. The summed E-state index contributed by atoms with van der Waals surface area (Å²) in [5.74, 6) is 0.0509. The molecule has 0 bridgehead atoms. The maximum absolute atomic E-state index is 13.2. The number of pyridine rings is 1. The predicted octanol–water partition coefficient (Wildman–Crippen LogP) is 2.48. The molecule has 0 aliphatic carbocycles. The molecule has 1 fully saturated rings. The third-order valence-electron chi connectivity index (χ3n) is 6.12. The van der Waals surface area contributed by atoms with Crippen LogP contribution in [-0.2, 0) is 6.54 Å². The lowest BCUT2D eigenvalue weighted by Crippen LogP contribution is -2.48. The molecular weight excluding hydrogens is 390 g/mol. The number of hydrogen-bond donors (Lipinski definition) is 0. The van der Waals surface area contributed by atoms with Crippen molar-refractivity contribution in [2.45, 2.75) is 13.5 Å². The van der Waals surface area contributed by atoms with Gasteiger partial charge in [0.25, 0.3) is 11.5 Å². The Morgan fingerprint density at radius 3 is 2.61 bits per heavy atom. The van der Waals surface area contributed by atoms with Crippen LogP contribution in [0, 0.1) is 0 Å². The van der Waals surface area contributed by atoms with E-state index in [0.29, 0.717) is 23.3 Å². The van der Waals surface area contributed by atoms with E-state index in [4.69, 9.17) is 0 Å². The van der Waals surface area contributed by atoms with Gasteiger partial charge in [0.15, 0.2) is 5.65 Å². The number of nitrogens with zero attached hydrogens (tertiary/aromatic N) is 5. The fourth-order valence-electron chi connectivity index (χ4n) is 4.37. The molecule has 158 valence electrons. The van der Waals surface area contributed by atoms with E-state index in [1.165, 1.54) is 0 Å². The third-order valence-corrected chi connectivity index (χ3v) is 6.12. The number of benzene rings is 1. The number of likely N-dealkylation sites (N-methyl/N-ethyl adjacent to an activating group) is 1. The topological polar surface area (TPSA) is 62.8 Å². The van der Waals surface area contributed by atoms with Crippen molar-refractivity contribution >= 4 is 22.6 Å². The van der Waals surface area contributed by atoms with Crippen LogP contribution in [0.15, 0.2) is 65.7 Å². The van der Waals surface area contributed by atoms with E-state index in [9.17, 15) is 9.59 Å². The minimum atomic E-state index is -0.0939. The number of rotatable bonds is 4. The zero-order valence-corrected chi connectivity index (χ0v) is 17.6. The average molecular weight is 415 g/mol. The fraction of sp³-hybridized carbons (Fsp3) is 0.292. The lowest BCUT2D eigenvalue weighted by atomic mass is 10.1. The summed E-state index contributed by atoms with van der Waals surface area (Å²) in [6.45, 7) is 6.83. The number of fused-ring (bicyclic) bond motifs is 3. The number of hydrogen-bond acceptors (Lipinski definition) is 4. The standard InChI is InChI=1S/C24H25N5O2/c1-2-26-12-14-27(15-13-26)23(30)19-7-3-6-18(16-19)17-29-22-20(8-4-10-25-22)28-11-5-9-21(28)24(29)31/h3-11,16H,2,12-15,17H2,1H3. The number of carbonyl (C=O) groups is 1. The van der Waals surface area contributed by atoms with E-state index in [-0.39, 0.29) is 11.5 Å². The van der Waals surface area contributed by atoms with Crippen molar-refractivity contribution in [1.82, 2.24) is 23.8 Å². The van der Waals surface area contributed by atoms with Gasteiger partial charge in [-0.05, 0) is 48.5 Å². The molecule has 31 heavy (non-hydrogen) atoms. The maximum atomic E-state index is 13.2. The Labute approximate surface area is 180 Å². The first-order chi connectivity index (χ1) is 15.2. The zero-order chi connectivity index (χ0) is 21.4. The minimum absolute atomic E-state index is 0.0509. The van der Waals surface area contributed by atoms with Gasteiger partial charge in [0.1, 0.15) is 5.52 Å². The van der Waals surface area contributed by atoms with Crippen LogP contribution in [0.3, 0.4) is 0 Å². The quantitative estimate of drug-likeness (QED) is 0.514. The van der Waals surface area contributed by atoms with E-state index in [0.717, 1.165) is 43.8 Å². The largest absolute Gasteiger partial charge is 0.336 e. The summed E-state index contributed by atoms with van der Waals surface area (Å²) >= 11 is 0. The highest BCUT2D eigenvalue weighted by Gasteiger charge is 2.21. The summed E-state index contributed by atoms with van der Waals surface area (Å²) < 4.78 is 3.56. The van der Waals surface area contributed by atoms with Crippen molar-refractivity contribution in [3.05, 3.63) is 82.4 Å². The number of carbonyl (C=O) groups excluding carboxylic acids is 1. The molecule has 5 rings (SSSR count). The summed E-state index contributed by atoms with van der Waals surface area (Å²) in [6.07, 6.45) is 3.58. The fourth-order valence-corrected chi connectivity index (χ4v) is 4.37. The molecular formula is C24H25N5O2. The molecule has 0 spiro atoms. The second kappa shape index (κ2) is 8.00. The lowest BCUT2D eigenvalue weighted by molar-refractivity contribution is 0.0643. The van der Waals surface area contributed by atoms with Gasteiger partial charge in [-0.25, -0.2) is 4.98 Å². The Hall–Kier alpha value is -3.45. The highest BCUT2D eigenvalue weighted by molar-refractivity contribution is 5.94. The van der Waals surface area contributed by atoms with E-state index in [1.807, 2.05) is 64.0 Å². The van der Waals surface area contributed by atoms with E-state index in [1.54, 1.807) is 10.8 Å². The van der Waals surface area contributed by atoms with Crippen LogP contribution in [0.25, 0.3) is 16.7 Å². The van der Waals surface area contributed by atoms with E-state index in [2.05, 4.69) is 16.8 Å². The highest BCUT2D eigenvalue weighted by Crippen LogP contribution is 2.16. The monoisotopic (exact) mass is 415 g/mol. The molecule has 3 aromatic heterocycles. The Morgan fingerprint density at radius 2 is 1.81 bits per heavy atom. The summed E-state index contributed by atoms with van der Waals surface area (Å²) in [6, 6.07) is 15.1. The average Bonchev–Trinajstić information content (AvgIpc) is 3.32. The van der Waals surface area contributed by atoms with Crippen LogP contribution in [-0.4, -0.2) is 62.4 Å². The molecule has 4 aromatic rings. The van der Waals surface area contributed by atoms with Gasteiger partial charge in [-0.1, -0.05) is 19.1 Å². The maximum Gasteiger partial charge on any atom is 0.276 e.